The van der Waals surface area contributed by atoms with Crippen LogP contribution in [0.3, 0.4) is 0 Å². The molecule has 0 aliphatic heterocycles. The van der Waals surface area contributed by atoms with Crippen LogP contribution in [0.2, 0.25) is 0 Å². The minimum absolute atomic E-state index is 0.0320. The van der Waals surface area contributed by atoms with Crippen LogP contribution in [0.5, 0.6) is 0 Å². The van der Waals surface area contributed by atoms with Crippen molar-refractivity contribution in [2.24, 2.45) is 0 Å². The molecule has 0 spiro atoms. The van der Waals surface area contributed by atoms with Gasteiger partial charge in [-0.2, -0.15) is 0 Å². The molecule has 0 aromatic heterocycles. The van der Waals surface area contributed by atoms with Crippen molar-refractivity contribution < 1.29 is 9.59 Å². The number of rotatable bonds is 7. The second kappa shape index (κ2) is 9.18. The molecule has 26 heavy (non-hydrogen) atoms. The lowest BCUT2D eigenvalue weighted by Crippen LogP contribution is -2.40. The fraction of sp³-hybridized carbons (Fsp3) is 0.364. The van der Waals surface area contributed by atoms with Crippen LogP contribution in [-0.4, -0.2) is 29.3 Å². The fourth-order valence-electron chi connectivity index (χ4n) is 2.96. The topological polar surface area (TPSA) is 40.6 Å². The van der Waals surface area contributed by atoms with Gasteiger partial charge in [0.1, 0.15) is 6.42 Å². The van der Waals surface area contributed by atoms with E-state index in [0.717, 1.165) is 16.8 Å². The van der Waals surface area contributed by atoms with Gasteiger partial charge in [-0.05, 0) is 51.0 Å². The van der Waals surface area contributed by atoms with Gasteiger partial charge >= 0.3 is 0 Å². The first kappa shape index (κ1) is 19.7. The summed E-state index contributed by atoms with van der Waals surface area (Å²) in [6, 6.07) is 17.7. The number of carbonyl (C=O) groups is 2. The summed E-state index contributed by atoms with van der Waals surface area (Å²) in [6.45, 7) is 8.92. The summed E-state index contributed by atoms with van der Waals surface area (Å²) in [6.07, 6.45) is -0.118. The van der Waals surface area contributed by atoms with Crippen molar-refractivity contribution in [3.63, 3.8) is 0 Å². The van der Waals surface area contributed by atoms with Crippen molar-refractivity contribution in [3.8, 4) is 0 Å². The van der Waals surface area contributed by atoms with Gasteiger partial charge in [-0.3, -0.25) is 9.59 Å². The number of anilines is 1. The van der Waals surface area contributed by atoms with Crippen molar-refractivity contribution in [2.45, 2.75) is 46.7 Å². The zero-order chi connectivity index (χ0) is 19.1. The van der Waals surface area contributed by atoms with Crippen molar-refractivity contribution in [2.75, 3.05) is 11.4 Å². The third-order valence-electron chi connectivity index (χ3n) is 4.37. The van der Waals surface area contributed by atoms with Crippen LogP contribution in [0.25, 0.3) is 0 Å². The van der Waals surface area contributed by atoms with Gasteiger partial charge in [-0.25, -0.2) is 0 Å². The predicted octanol–water partition coefficient (Wildman–Crippen LogP) is 4.18. The molecule has 0 unspecified atom stereocenters. The summed E-state index contributed by atoms with van der Waals surface area (Å²) in [7, 11) is 0. The summed E-state index contributed by atoms with van der Waals surface area (Å²) >= 11 is 0. The van der Waals surface area contributed by atoms with E-state index in [4.69, 9.17) is 0 Å². The molecule has 2 aromatic carbocycles. The molecular weight excluding hydrogens is 324 g/mol. The number of aryl methyl sites for hydroxylation is 1. The number of benzene rings is 2. The van der Waals surface area contributed by atoms with Gasteiger partial charge in [0.05, 0.1) is 0 Å². The average Bonchev–Trinajstić information content (AvgIpc) is 2.61. The molecule has 2 rings (SSSR count). The first-order valence-electron chi connectivity index (χ1n) is 9.12. The zero-order valence-electron chi connectivity index (χ0n) is 16.1. The number of carbonyl (C=O) groups excluding carboxylic acids is 2. The quantitative estimate of drug-likeness (QED) is 0.702. The normalized spacial score (nSPS) is 10.7. The molecule has 4 nitrogen and oxygen atoms in total. The molecular formula is C22H28N2O2. The highest BCUT2D eigenvalue weighted by Crippen LogP contribution is 2.18. The Morgan fingerprint density at radius 1 is 0.962 bits per heavy atom. The lowest BCUT2D eigenvalue weighted by molar-refractivity contribution is -0.137. The first-order valence-corrected chi connectivity index (χ1v) is 9.12. The fourth-order valence-corrected chi connectivity index (χ4v) is 2.96. The van der Waals surface area contributed by atoms with E-state index in [1.54, 1.807) is 9.80 Å². The molecule has 0 saturated heterocycles. The predicted molar refractivity (Wildman–Crippen MR) is 106 cm³/mol. The van der Waals surface area contributed by atoms with Crippen LogP contribution in [-0.2, 0) is 16.1 Å². The largest absolute Gasteiger partial charge is 0.336 e. The Hall–Kier alpha value is -2.62. The standard InChI is InChI=1S/C22H28N2O2/c1-5-23(20-13-9-10-18(4)14-20)21(25)15-22(26)24(17(2)3)16-19-11-7-6-8-12-19/h6-14,17H,5,15-16H2,1-4H3. The molecule has 138 valence electrons. The lowest BCUT2D eigenvalue weighted by Gasteiger charge is -2.28. The molecule has 0 radical (unpaired) electrons. The summed E-state index contributed by atoms with van der Waals surface area (Å²) in [4.78, 5) is 29.0. The molecule has 4 heteroatoms. The molecule has 0 heterocycles. The highest BCUT2D eigenvalue weighted by molar-refractivity contribution is 6.05. The van der Waals surface area contributed by atoms with Crippen LogP contribution in [0.1, 0.15) is 38.3 Å². The molecule has 0 aliphatic carbocycles. The van der Waals surface area contributed by atoms with Gasteiger partial charge < -0.3 is 9.80 Å². The molecule has 0 N–H and O–H groups in total. The van der Waals surface area contributed by atoms with Gasteiger partial charge in [-0.1, -0.05) is 42.5 Å². The summed E-state index contributed by atoms with van der Waals surface area (Å²) in [5.74, 6) is -0.304. The van der Waals surface area contributed by atoms with E-state index in [2.05, 4.69) is 0 Å². The van der Waals surface area contributed by atoms with Gasteiger partial charge in [0.2, 0.25) is 11.8 Å². The minimum atomic E-state index is -0.165. The number of hydrogen-bond acceptors (Lipinski definition) is 2. The van der Waals surface area contributed by atoms with Gasteiger partial charge in [-0.15, -0.1) is 0 Å². The second-order valence-electron chi connectivity index (χ2n) is 6.75. The van der Waals surface area contributed by atoms with E-state index in [9.17, 15) is 9.59 Å². The minimum Gasteiger partial charge on any atom is -0.336 e. The highest BCUT2D eigenvalue weighted by Gasteiger charge is 2.23. The Labute approximate surface area is 156 Å². The Balaban J connectivity index is 2.10. The van der Waals surface area contributed by atoms with Gasteiger partial charge in [0.25, 0.3) is 0 Å². The zero-order valence-corrected chi connectivity index (χ0v) is 16.1. The van der Waals surface area contributed by atoms with E-state index in [-0.39, 0.29) is 24.3 Å². The van der Waals surface area contributed by atoms with Crippen molar-refractivity contribution >= 4 is 17.5 Å². The number of hydrogen-bond donors (Lipinski definition) is 0. The van der Waals surface area contributed by atoms with E-state index >= 15 is 0 Å². The van der Waals surface area contributed by atoms with E-state index in [1.165, 1.54) is 0 Å². The van der Waals surface area contributed by atoms with Crippen LogP contribution in [0.4, 0.5) is 5.69 Å². The smallest absolute Gasteiger partial charge is 0.236 e. The van der Waals surface area contributed by atoms with Crippen molar-refractivity contribution in [3.05, 3.63) is 65.7 Å². The monoisotopic (exact) mass is 352 g/mol. The lowest BCUT2D eigenvalue weighted by atomic mass is 10.1. The molecule has 0 atom stereocenters. The Morgan fingerprint density at radius 3 is 2.23 bits per heavy atom. The SMILES string of the molecule is CCN(C(=O)CC(=O)N(Cc1ccccc1)C(C)C)c1cccc(C)c1. The summed E-state index contributed by atoms with van der Waals surface area (Å²) < 4.78 is 0. The molecule has 0 aliphatic rings. The van der Waals surface area contributed by atoms with Crippen LogP contribution in [0, 0.1) is 6.92 Å². The van der Waals surface area contributed by atoms with Crippen molar-refractivity contribution in [1.82, 2.24) is 4.90 Å². The number of nitrogens with zero attached hydrogens (tertiary/aromatic N) is 2. The van der Waals surface area contributed by atoms with E-state index in [1.807, 2.05) is 82.3 Å². The van der Waals surface area contributed by atoms with Crippen molar-refractivity contribution in [1.29, 1.82) is 0 Å². The Morgan fingerprint density at radius 2 is 1.65 bits per heavy atom. The average molecular weight is 352 g/mol. The molecule has 2 amide bonds. The summed E-state index contributed by atoms with van der Waals surface area (Å²) in [5, 5.41) is 0. The van der Waals surface area contributed by atoms with Gasteiger partial charge in [0.15, 0.2) is 0 Å². The first-order chi connectivity index (χ1) is 12.4. The maximum Gasteiger partial charge on any atom is 0.236 e. The summed E-state index contributed by atoms with van der Waals surface area (Å²) in [5.41, 5.74) is 2.99. The van der Waals surface area contributed by atoms with Gasteiger partial charge in [0, 0.05) is 24.8 Å². The Bertz CT molecular complexity index is 741. The van der Waals surface area contributed by atoms with Crippen LogP contribution in [0.15, 0.2) is 54.6 Å². The maximum atomic E-state index is 12.8. The maximum absolute atomic E-state index is 12.8. The van der Waals surface area contributed by atoms with E-state index < -0.39 is 0 Å². The molecule has 0 fully saturated rings. The third-order valence-corrected chi connectivity index (χ3v) is 4.37. The highest BCUT2D eigenvalue weighted by atomic mass is 16.2. The van der Waals surface area contributed by atoms with E-state index in [0.29, 0.717) is 13.1 Å². The Kier molecular flexibility index (Phi) is 6.96. The number of amides is 2. The third kappa shape index (κ3) is 5.19. The molecule has 0 saturated carbocycles. The molecule has 2 aromatic rings. The van der Waals surface area contributed by atoms with Crippen LogP contribution >= 0.6 is 0 Å². The van der Waals surface area contributed by atoms with Crippen LogP contribution < -0.4 is 4.90 Å². The molecule has 0 bridgehead atoms. The second-order valence-corrected chi connectivity index (χ2v) is 6.75.